The second-order valence-electron chi connectivity index (χ2n) is 4.37. The molecule has 0 spiro atoms. The van der Waals surface area contributed by atoms with E-state index >= 15 is 0 Å². The maximum absolute atomic E-state index is 13.8. The SMILES string of the molecule is CC1(Oc2ccc([N+](=O)[O-])c(Cl)c2F)CCC1. The van der Waals surface area contributed by atoms with Crippen LogP contribution in [0.2, 0.25) is 5.02 Å². The van der Waals surface area contributed by atoms with Gasteiger partial charge in [-0.05, 0) is 32.3 Å². The molecule has 1 saturated carbocycles. The molecule has 0 radical (unpaired) electrons. The molecule has 2 rings (SSSR count). The summed E-state index contributed by atoms with van der Waals surface area (Å²) in [7, 11) is 0. The van der Waals surface area contributed by atoms with E-state index in [1.165, 1.54) is 6.07 Å². The Morgan fingerprint density at radius 2 is 2.18 bits per heavy atom. The maximum atomic E-state index is 13.8. The van der Waals surface area contributed by atoms with E-state index in [4.69, 9.17) is 16.3 Å². The summed E-state index contributed by atoms with van der Waals surface area (Å²) >= 11 is 5.59. The summed E-state index contributed by atoms with van der Waals surface area (Å²) in [6.07, 6.45) is 2.74. The minimum absolute atomic E-state index is 0.0252. The van der Waals surface area contributed by atoms with Gasteiger partial charge in [0.2, 0.25) is 0 Å². The topological polar surface area (TPSA) is 52.4 Å². The smallest absolute Gasteiger partial charge is 0.291 e. The van der Waals surface area contributed by atoms with E-state index in [2.05, 4.69) is 0 Å². The quantitative estimate of drug-likeness (QED) is 0.614. The van der Waals surface area contributed by atoms with Crippen LogP contribution in [0, 0.1) is 15.9 Å². The molecule has 0 aromatic heterocycles. The van der Waals surface area contributed by atoms with Gasteiger partial charge < -0.3 is 4.74 Å². The van der Waals surface area contributed by atoms with Gasteiger partial charge in [0.1, 0.15) is 5.60 Å². The minimum atomic E-state index is -0.867. The van der Waals surface area contributed by atoms with Gasteiger partial charge in [0, 0.05) is 6.07 Å². The third-order valence-electron chi connectivity index (χ3n) is 2.99. The normalized spacial score (nSPS) is 17.4. The first-order chi connectivity index (χ1) is 7.93. The summed E-state index contributed by atoms with van der Waals surface area (Å²) in [4.78, 5) is 9.83. The van der Waals surface area contributed by atoms with Crippen molar-refractivity contribution in [2.75, 3.05) is 0 Å². The van der Waals surface area contributed by atoms with Crippen LogP contribution < -0.4 is 4.74 Å². The zero-order valence-corrected chi connectivity index (χ0v) is 9.96. The Kier molecular flexibility index (Phi) is 2.95. The predicted molar refractivity (Wildman–Crippen MR) is 60.9 cm³/mol. The number of rotatable bonds is 3. The van der Waals surface area contributed by atoms with Gasteiger partial charge in [0.25, 0.3) is 5.69 Å². The molecule has 1 aliphatic rings. The Labute approximate surface area is 102 Å². The van der Waals surface area contributed by atoms with Crippen molar-refractivity contribution >= 4 is 17.3 Å². The molecule has 4 nitrogen and oxygen atoms in total. The molecule has 0 bridgehead atoms. The molecule has 0 amide bonds. The average Bonchev–Trinajstić information content (AvgIpc) is 2.22. The lowest BCUT2D eigenvalue weighted by atomic mass is 9.82. The number of hydrogen-bond donors (Lipinski definition) is 0. The molecular weight excluding hydrogens is 249 g/mol. The van der Waals surface area contributed by atoms with Gasteiger partial charge in [-0.3, -0.25) is 10.1 Å². The van der Waals surface area contributed by atoms with E-state index in [0.29, 0.717) is 0 Å². The number of nitro benzene ring substituents is 1. The third-order valence-corrected chi connectivity index (χ3v) is 3.35. The van der Waals surface area contributed by atoms with E-state index in [-0.39, 0.29) is 11.4 Å². The molecule has 17 heavy (non-hydrogen) atoms. The van der Waals surface area contributed by atoms with Crippen LogP contribution in [0.15, 0.2) is 12.1 Å². The Morgan fingerprint density at radius 1 is 1.53 bits per heavy atom. The first kappa shape index (κ1) is 12.1. The highest BCUT2D eigenvalue weighted by Crippen LogP contribution is 2.39. The molecule has 1 aliphatic carbocycles. The molecule has 0 heterocycles. The largest absolute Gasteiger partial charge is 0.484 e. The molecule has 0 saturated heterocycles. The van der Waals surface area contributed by atoms with Crippen LogP contribution in [-0.2, 0) is 0 Å². The van der Waals surface area contributed by atoms with Crippen molar-refractivity contribution in [1.29, 1.82) is 0 Å². The molecule has 1 aromatic carbocycles. The fraction of sp³-hybridized carbons (Fsp3) is 0.455. The van der Waals surface area contributed by atoms with E-state index in [1.807, 2.05) is 6.92 Å². The molecule has 1 aromatic rings. The number of halogens is 2. The molecular formula is C11H11ClFNO3. The van der Waals surface area contributed by atoms with Gasteiger partial charge >= 0.3 is 0 Å². The first-order valence-corrected chi connectivity index (χ1v) is 5.62. The van der Waals surface area contributed by atoms with Crippen LogP contribution in [0.5, 0.6) is 5.75 Å². The van der Waals surface area contributed by atoms with Crippen LogP contribution in [0.1, 0.15) is 26.2 Å². The second-order valence-corrected chi connectivity index (χ2v) is 4.75. The van der Waals surface area contributed by atoms with Crippen molar-refractivity contribution in [3.8, 4) is 5.75 Å². The lowest BCUT2D eigenvalue weighted by Crippen LogP contribution is -2.39. The van der Waals surface area contributed by atoms with Gasteiger partial charge in [-0.15, -0.1) is 0 Å². The van der Waals surface area contributed by atoms with E-state index < -0.39 is 21.5 Å². The average molecular weight is 260 g/mol. The van der Waals surface area contributed by atoms with Crippen LogP contribution in [0.4, 0.5) is 10.1 Å². The summed E-state index contributed by atoms with van der Waals surface area (Å²) in [6, 6.07) is 2.41. The molecule has 0 N–H and O–H groups in total. The van der Waals surface area contributed by atoms with Gasteiger partial charge in [0.15, 0.2) is 16.6 Å². The summed E-state index contributed by atoms with van der Waals surface area (Å²) < 4.78 is 19.3. The third kappa shape index (κ3) is 2.20. The predicted octanol–water partition coefficient (Wildman–Crippen LogP) is 3.71. The van der Waals surface area contributed by atoms with Crippen molar-refractivity contribution in [2.45, 2.75) is 31.8 Å². The first-order valence-electron chi connectivity index (χ1n) is 5.24. The Bertz CT molecular complexity index is 474. The van der Waals surface area contributed by atoms with Crippen molar-refractivity contribution in [3.63, 3.8) is 0 Å². The van der Waals surface area contributed by atoms with Crippen LogP contribution >= 0.6 is 11.6 Å². The number of hydrogen-bond acceptors (Lipinski definition) is 3. The van der Waals surface area contributed by atoms with E-state index in [0.717, 1.165) is 25.3 Å². The van der Waals surface area contributed by atoms with Crippen molar-refractivity contribution < 1.29 is 14.1 Å². The van der Waals surface area contributed by atoms with E-state index in [1.54, 1.807) is 0 Å². The van der Waals surface area contributed by atoms with Gasteiger partial charge in [-0.1, -0.05) is 11.6 Å². The monoisotopic (exact) mass is 259 g/mol. The highest BCUT2D eigenvalue weighted by Gasteiger charge is 2.35. The Hall–Kier alpha value is -1.36. The summed E-state index contributed by atoms with van der Waals surface area (Å²) in [5.74, 6) is -0.892. The van der Waals surface area contributed by atoms with Gasteiger partial charge in [0.05, 0.1) is 4.92 Å². The minimum Gasteiger partial charge on any atom is -0.484 e. The van der Waals surface area contributed by atoms with Crippen LogP contribution in [-0.4, -0.2) is 10.5 Å². The molecule has 1 fully saturated rings. The molecule has 0 unspecified atom stereocenters. The van der Waals surface area contributed by atoms with Crippen molar-refractivity contribution in [2.24, 2.45) is 0 Å². The summed E-state index contributed by atoms with van der Waals surface area (Å²) in [6.45, 7) is 1.88. The number of nitrogens with zero attached hydrogens (tertiary/aromatic N) is 1. The van der Waals surface area contributed by atoms with Crippen LogP contribution in [0.3, 0.4) is 0 Å². The summed E-state index contributed by atoms with van der Waals surface area (Å²) in [5.41, 5.74) is -0.824. The fourth-order valence-electron chi connectivity index (χ4n) is 1.78. The zero-order chi connectivity index (χ0) is 12.6. The zero-order valence-electron chi connectivity index (χ0n) is 9.20. The lowest BCUT2D eigenvalue weighted by molar-refractivity contribution is -0.384. The van der Waals surface area contributed by atoms with Crippen molar-refractivity contribution in [3.05, 3.63) is 33.1 Å². The van der Waals surface area contributed by atoms with Gasteiger partial charge in [-0.25, -0.2) is 4.39 Å². The van der Waals surface area contributed by atoms with Crippen molar-refractivity contribution in [1.82, 2.24) is 0 Å². The Balaban J connectivity index is 2.30. The molecule has 0 aliphatic heterocycles. The molecule has 6 heteroatoms. The fourth-order valence-corrected chi connectivity index (χ4v) is 2.01. The lowest BCUT2D eigenvalue weighted by Gasteiger charge is -2.38. The highest BCUT2D eigenvalue weighted by molar-refractivity contribution is 6.32. The van der Waals surface area contributed by atoms with Crippen LogP contribution in [0.25, 0.3) is 0 Å². The summed E-state index contributed by atoms with van der Waals surface area (Å²) in [5, 5.41) is 10.0. The maximum Gasteiger partial charge on any atom is 0.291 e. The number of benzene rings is 1. The van der Waals surface area contributed by atoms with E-state index in [9.17, 15) is 14.5 Å². The number of nitro groups is 1. The standard InChI is InChI=1S/C11H11ClFNO3/c1-11(5-2-6-11)17-8-4-3-7(14(15)16)9(12)10(8)13/h3-4H,2,5-6H2,1H3. The second kappa shape index (κ2) is 4.14. The molecule has 0 atom stereocenters. The highest BCUT2D eigenvalue weighted by atomic mass is 35.5. The number of ether oxygens (including phenoxy) is 1. The molecule has 92 valence electrons. The van der Waals surface area contributed by atoms with Gasteiger partial charge in [-0.2, -0.15) is 0 Å². The Morgan fingerprint density at radius 3 is 2.65 bits per heavy atom.